The van der Waals surface area contributed by atoms with E-state index >= 15 is 0 Å². The lowest BCUT2D eigenvalue weighted by molar-refractivity contribution is -0.382. The van der Waals surface area contributed by atoms with Gasteiger partial charge in [-0.05, 0) is 92.7 Å². The van der Waals surface area contributed by atoms with Gasteiger partial charge in [-0.15, -0.1) is 0 Å². The molecule has 4 aromatic carbocycles. The monoisotopic (exact) mass is 529 g/mol. The van der Waals surface area contributed by atoms with E-state index < -0.39 is 16.9 Å². The van der Waals surface area contributed by atoms with Crippen LogP contribution in [0.3, 0.4) is 0 Å². The van der Waals surface area contributed by atoms with Gasteiger partial charge in [0.05, 0.1) is 21.4 Å². The number of non-ortho nitro benzene ring substituents is 1. The maximum atomic E-state index is 12.4. The molecule has 194 valence electrons. The molecule has 40 heavy (non-hydrogen) atoms. The van der Waals surface area contributed by atoms with Crippen LogP contribution >= 0.6 is 0 Å². The van der Waals surface area contributed by atoms with Gasteiger partial charge >= 0.3 is 11.9 Å². The van der Waals surface area contributed by atoms with Gasteiger partial charge in [-0.3, -0.25) is 20.1 Å². The number of nitro groups is 1. The average molecular weight is 530 g/mol. The van der Waals surface area contributed by atoms with Crippen LogP contribution in [0.5, 0.6) is 0 Å². The van der Waals surface area contributed by atoms with Crippen LogP contribution in [0.4, 0.5) is 5.69 Å². The number of aromatic carboxylic acids is 2. The van der Waals surface area contributed by atoms with Crippen LogP contribution in [0.25, 0.3) is 43.1 Å². The van der Waals surface area contributed by atoms with Crippen molar-refractivity contribution < 1.29 is 24.7 Å². The number of hydrogen-bond donors (Lipinski definition) is 2. The quantitative estimate of drug-likeness (QED) is 0.143. The summed E-state index contributed by atoms with van der Waals surface area (Å²) in [5, 5.41) is 37.2. The summed E-state index contributed by atoms with van der Waals surface area (Å²) in [6, 6.07) is 15.3. The van der Waals surface area contributed by atoms with Crippen LogP contribution in [0.2, 0.25) is 0 Å². The molecule has 2 unspecified atom stereocenters. The minimum absolute atomic E-state index is 0.000715. The molecule has 9 nitrogen and oxygen atoms in total. The number of carboxylic acids is 2. The molecular formula is C31H19N3O6. The molecule has 0 bridgehead atoms. The number of rotatable bonds is 5. The van der Waals surface area contributed by atoms with Gasteiger partial charge in [0.2, 0.25) is 0 Å². The molecule has 1 aliphatic rings. The Morgan fingerprint density at radius 1 is 0.725 bits per heavy atom. The van der Waals surface area contributed by atoms with Crippen molar-refractivity contribution in [2.24, 2.45) is 0 Å². The Labute approximate surface area is 225 Å². The normalized spacial score (nSPS) is 16.5. The minimum atomic E-state index is -1.10. The highest BCUT2D eigenvalue weighted by atomic mass is 16.6. The van der Waals surface area contributed by atoms with Gasteiger partial charge in [0.25, 0.3) is 5.69 Å². The Morgan fingerprint density at radius 3 is 2.10 bits per heavy atom. The molecule has 0 amide bonds. The van der Waals surface area contributed by atoms with Gasteiger partial charge in [0.1, 0.15) is 0 Å². The fraction of sp³-hybridized carbons (Fsp3) is 0.0968. The van der Waals surface area contributed by atoms with E-state index in [1.54, 1.807) is 42.9 Å². The number of hydrogen-bond acceptors (Lipinski definition) is 6. The molecule has 2 atom stereocenters. The first kappa shape index (κ1) is 23.7. The molecule has 7 rings (SSSR count). The zero-order valence-electron chi connectivity index (χ0n) is 20.7. The molecule has 1 aliphatic carbocycles. The van der Waals surface area contributed by atoms with Crippen LogP contribution in [0.1, 0.15) is 50.1 Å². The number of fused-ring (bicyclic) bond motifs is 6. The Morgan fingerprint density at radius 2 is 1.40 bits per heavy atom. The summed E-state index contributed by atoms with van der Waals surface area (Å²) in [7, 11) is 0. The Bertz CT molecular complexity index is 2110. The Hall–Kier alpha value is -5.44. The van der Waals surface area contributed by atoms with Crippen LogP contribution in [-0.4, -0.2) is 37.0 Å². The van der Waals surface area contributed by atoms with Crippen molar-refractivity contribution >= 4 is 60.7 Å². The molecular weight excluding hydrogens is 510 g/mol. The van der Waals surface area contributed by atoms with Crippen LogP contribution < -0.4 is 0 Å². The lowest BCUT2D eigenvalue weighted by Crippen LogP contribution is -2.03. The number of aromatic nitrogens is 2. The topological polar surface area (TPSA) is 144 Å². The van der Waals surface area contributed by atoms with Crippen molar-refractivity contribution in [2.45, 2.75) is 18.3 Å². The highest BCUT2D eigenvalue weighted by molar-refractivity contribution is 6.13. The molecule has 2 aromatic heterocycles. The molecule has 1 fully saturated rings. The standard InChI is InChI=1S/C31H19N3O6/c35-30(36)15-1-2-18-16(7-15)8-22(19-3-5-32-13-27(18)19)23-12-24(23)25-11-21-17(9-26(25)31(37)38)10-29(34(39)40)20-4-6-33-14-28(20)21/h1-11,13-14,23-24H,12H2,(H,35,36)(H,37,38). The molecule has 1 saturated carbocycles. The number of nitro benzene ring substituents is 1. The van der Waals surface area contributed by atoms with Crippen molar-refractivity contribution in [3.05, 3.63) is 112 Å². The van der Waals surface area contributed by atoms with Gasteiger partial charge in [0.15, 0.2) is 0 Å². The second-order valence-electron chi connectivity index (χ2n) is 10.1. The Kier molecular flexibility index (Phi) is 5.05. The molecule has 0 saturated heterocycles. The fourth-order valence-corrected chi connectivity index (χ4v) is 6.04. The first-order chi connectivity index (χ1) is 19.3. The van der Waals surface area contributed by atoms with E-state index in [1.807, 2.05) is 18.2 Å². The fourth-order valence-electron chi connectivity index (χ4n) is 6.04. The molecule has 9 heteroatoms. The molecule has 0 spiro atoms. The second kappa shape index (κ2) is 8.54. The van der Waals surface area contributed by atoms with Crippen molar-refractivity contribution in [1.82, 2.24) is 9.97 Å². The maximum absolute atomic E-state index is 12.4. The third-order valence-electron chi connectivity index (χ3n) is 7.95. The van der Waals surface area contributed by atoms with Crippen molar-refractivity contribution in [1.29, 1.82) is 0 Å². The zero-order chi connectivity index (χ0) is 27.7. The third kappa shape index (κ3) is 3.55. The van der Waals surface area contributed by atoms with E-state index in [0.29, 0.717) is 33.5 Å². The van der Waals surface area contributed by atoms with Crippen molar-refractivity contribution in [3.8, 4) is 0 Å². The number of nitrogens with zero attached hydrogens (tertiary/aromatic N) is 3. The largest absolute Gasteiger partial charge is 0.478 e. The second-order valence-corrected chi connectivity index (χ2v) is 10.1. The summed E-state index contributed by atoms with van der Waals surface area (Å²) in [4.78, 5) is 43.8. The smallest absolute Gasteiger partial charge is 0.335 e. The maximum Gasteiger partial charge on any atom is 0.335 e. The van der Waals surface area contributed by atoms with Gasteiger partial charge in [-0.25, -0.2) is 9.59 Å². The van der Waals surface area contributed by atoms with Gasteiger partial charge in [-0.1, -0.05) is 12.1 Å². The average Bonchev–Trinajstić information content (AvgIpc) is 3.76. The first-order valence-corrected chi connectivity index (χ1v) is 12.6. The number of carbonyl (C=O) groups is 2. The first-order valence-electron chi connectivity index (χ1n) is 12.6. The van der Waals surface area contributed by atoms with E-state index in [9.17, 15) is 29.9 Å². The molecule has 0 aliphatic heterocycles. The van der Waals surface area contributed by atoms with Crippen molar-refractivity contribution in [2.75, 3.05) is 0 Å². The van der Waals surface area contributed by atoms with E-state index in [-0.39, 0.29) is 28.7 Å². The number of benzene rings is 4. The highest BCUT2D eigenvalue weighted by Gasteiger charge is 2.42. The summed E-state index contributed by atoms with van der Waals surface area (Å²) >= 11 is 0. The molecule has 0 radical (unpaired) electrons. The van der Waals surface area contributed by atoms with Gasteiger partial charge in [0, 0.05) is 41.6 Å². The van der Waals surface area contributed by atoms with Gasteiger partial charge < -0.3 is 10.2 Å². The predicted octanol–water partition coefficient (Wildman–Crippen LogP) is 6.67. The summed E-state index contributed by atoms with van der Waals surface area (Å²) in [5.41, 5.74) is 1.86. The SMILES string of the molecule is O=C(O)c1ccc2c(c1)cc(C1CC1c1cc3c(cc1C(=O)O)cc([N+](=O)[O-])c1ccncc13)c1ccncc12. The molecule has 2 N–H and O–H groups in total. The number of pyridine rings is 2. The number of carboxylic acid groups (broad SMARTS) is 2. The molecule has 2 heterocycles. The van der Waals surface area contributed by atoms with E-state index in [4.69, 9.17) is 0 Å². The summed E-state index contributed by atoms with van der Waals surface area (Å²) in [6.45, 7) is 0. The van der Waals surface area contributed by atoms with Crippen molar-refractivity contribution in [3.63, 3.8) is 0 Å². The lowest BCUT2D eigenvalue weighted by atomic mass is 9.91. The highest BCUT2D eigenvalue weighted by Crippen LogP contribution is 2.58. The van der Waals surface area contributed by atoms with Crippen LogP contribution in [0.15, 0.2) is 79.4 Å². The van der Waals surface area contributed by atoms with Gasteiger partial charge in [-0.2, -0.15) is 0 Å². The summed E-state index contributed by atoms with van der Waals surface area (Å²) < 4.78 is 0. The summed E-state index contributed by atoms with van der Waals surface area (Å²) in [6.07, 6.45) is 7.26. The summed E-state index contributed by atoms with van der Waals surface area (Å²) in [5.74, 6) is -2.21. The van der Waals surface area contributed by atoms with E-state index in [1.165, 1.54) is 18.3 Å². The third-order valence-corrected chi connectivity index (χ3v) is 7.95. The van der Waals surface area contributed by atoms with Crippen LogP contribution in [0, 0.1) is 10.1 Å². The Balaban J connectivity index is 1.42. The minimum Gasteiger partial charge on any atom is -0.478 e. The van der Waals surface area contributed by atoms with E-state index in [2.05, 4.69) is 9.97 Å². The lowest BCUT2D eigenvalue weighted by Gasteiger charge is -2.13. The zero-order valence-corrected chi connectivity index (χ0v) is 20.7. The molecule has 6 aromatic rings. The van der Waals surface area contributed by atoms with Crippen LogP contribution in [-0.2, 0) is 0 Å². The van der Waals surface area contributed by atoms with E-state index in [0.717, 1.165) is 27.1 Å². The predicted molar refractivity (Wildman–Crippen MR) is 149 cm³/mol.